The SMILES string of the molecule is CSCCN1CCC(NC(=O)c2cccc(C3CCCNC3)c2)CC1. The van der Waals surface area contributed by atoms with Crippen molar-refractivity contribution < 1.29 is 4.79 Å². The Balaban J connectivity index is 1.51. The van der Waals surface area contributed by atoms with Crippen LogP contribution >= 0.6 is 11.8 Å². The van der Waals surface area contributed by atoms with Crippen molar-refractivity contribution in [1.29, 1.82) is 0 Å². The molecule has 2 N–H and O–H groups in total. The van der Waals surface area contributed by atoms with Gasteiger partial charge in [-0.05, 0) is 62.1 Å². The van der Waals surface area contributed by atoms with Gasteiger partial charge in [0.15, 0.2) is 0 Å². The smallest absolute Gasteiger partial charge is 0.251 e. The number of benzene rings is 1. The largest absolute Gasteiger partial charge is 0.349 e. The van der Waals surface area contributed by atoms with Crippen LogP contribution in [0.3, 0.4) is 0 Å². The Morgan fingerprint density at radius 1 is 1.32 bits per heavy atom. The lowest BCUT2D eigenvalue weighted by Crippen LogP contribution is -2.45. The lowest BCUT2D eigenvalue weighted by Gasteiger charge is -2.32. The third-order valence-electron chi connectivity index (χ3n) is 5.45. The van der Waals surface area contributed by atoms with Crippen molar-refractivity contribution in [2.75, 3.05) is 44.7 Å². The van der Waals surface area contributed by atoms with Crippen molar-refractivity contribution in [2.24, 2.45) is 0 Å². The molecule has 2 aliphatic rings. The average Bonchev–Trinajstić information content (AvgIpc) is 2.68. The molecule has 138 valence electrons. The highest BCUT2D eigenvalue weighted by molar-refractivity contribution is 7.98. The Hall–Kier alpha value is -1.04. The number of amides is 1. The molecule has 5 heteroatoms. The maximum Gasteiger partial charge on any atom is 0.251 e. The molecular formula is C20H31N3OS. The minimum atomic E-state index is 0.0909. The summed E-state index contributed by atoms with van der Waals surface area (Å²) in [6.45, 7) is 5.50. The summed E-state index contributed by atoms with van der Waals surface area (Å²) >= 11 is 1.90. The number of nitrogens with zero attached hydrogens (tertiary/aromatic N) is 1. The minimum Gasteiger partial charge on any atom is -0.349 e. The van der Waals surface area contributed by atoms with Crippen molar-refractivity contribution >= 4 is 17.7 Å². The topological polar surface area (TPSA) is 44.4 Å². The summed E-state index contributed by atoms with van der Waals surface area (Å²) < 4.78 is 0. The first-order chi connectivity index (χ1) is 12.3. The number of hydrogen-bond donors (Lipinski definition) is 2. The second-order valence-electron chi connectivity index (χ2n) is 7.25. The third-order valence-corrected chi connectivity index (χ3v) is 6.04. The van der Waals surface area contributed by atoms with E-state index >= 15 is 0 Å². The van der Waals surface area contributed by atoms with Gasteiger partial charge in [0, 0.05) is 43.5 Å². The maximum absolute atomic E-state index is 12.7. The number of hydrogen-bond acceptors (Lipinski definition) is 4. The molecule has 0 radical (unpaired) electrons. The van der Waals surface area contributed by atoms with Crippen LogP contribution in [0.2, 0.25) is 0 Å². The monoisotopic (exact) mass is 361 g/mol. The highest BCUT2D eigenvalue weighted by Gasteiger charge is 2.21. The van der Waals surface area contributed by atoms with Crippen molar-refractivity contribution in [3.63, 3.8) is 0 Å². The van der Waals surface area contributed by atoms with E-state index in [1.165, 1.54) is 30.7 Å². The van der Waals surface area contributed by atoms with Gasteiger partial charge in [-0.3, -0.25) is 4.79 Å². The van der Waals surface area contributed by atoms with Gasteiger partial charge in [-0.15, -0.1) is 0 Å². The van der Waals surface area contributed by atoms with Gasteiger partial charge in [-0.25, -0.2) is 0 Å². The van der Waals surface area contributed by atoms with E-state index in [0.717, 1.165) is 44.6 Å². The van der Waals surface area contributed by atoms with Crippen LogP contribution in [0, 0.1) is 0 Å². The molecule has 0 aliphatic carbocycles. The van der Waals surface area contributed by atoms with E-state index in [-0.39, 0.29) is 5.91 Å². The fraction of sp³-hybridized carbons (Fsp3) is 0.650. The zero-order chi connectivity index (χ0) is 17.5. The van der Waals surface area contributed by atoms with Crippen LogP contribution in [0.15, 0.2) is 24.3 Å². The van der Waals surface area contributed by atoms with E-state index in [2.05, 4.69) is 33.9 Å². The van der Waals surface area contributed by atoms with E-state index in [1.807, 2.05) is 23.9 Å². The first-order valence-electron chi connectivity index (χ1n) is 9.59. The van der Waals surface area contributed by atoms with Crippen molar-refractivity contribution in [2.45, 2.75) is 37.6 Å². The Bertz CT molecular complexity index is 552. The van der Waals surface area contributed by atoms with E-state index in [4.69, 9.17) is 0 Å². The number of piperidine rings is 2. The van der Waals surface area contributed by atoms with E-state index in [0.29, 0.717) is 12.0 Å². The molecule has 2 saturated heterocycles. The minimum absolute atomic E-state index is 0.0909. The standard InChI is InChI=1S/C20H31N3OS/c1-25-13-12-23-10-7-19(8-11-23)22-20(24)17-5-2-4-16(14-17)18-6-3-9-21-15-18/h2,4-5,14,18-19,21H,3,6-13,15H2,1H3,(H,22,24). The van der Waals surface area contributed by atoms with Crippen molar-refractivity contribution in [1.82, 2.24) is 15.5 Å². The first kappa shape index (κ1) is 18.7. The summed E-state index contributed by atoms with van der Waals surface area (Å²) in [7, 11) is 0. The molecule has 0 bridgehead atoms. The van der Waals surface area contributed by atoms with Crippen LogP contribution in [0.5, 0.6) is 0 Å². The fourth-order valence-corrected chi connectivity index (χ4v) is 4.30. The van der Waals surface area contributed by atoms with Crippen LogP contribution in [0.25, 0.3) is 0 Å². The molecular weight excluding hydrogens is 330 g/mol. The van der Waals surface area contributed by atoms with Gasteiger partial charge < -0.3 is 15.5 Å². The molecule has 4 nitrogen and oxygen atoms in total. The summed E-state index contributed by atoms with van der Waals surface area (Å²) in [6, 6.07) is 8.56. The van der Waals surface area contributed by atoms with Gasteiger partial charge in [0.25, 0.3) is 5.91 Å². The lowest BCUT2D eigenvalue weighted by atomic mass is 9.90. The molecule has 1 amide bonds. The Morgan fingerprint density at radius 3 is 2.88 bits per heavy atom. The van der Waals surface area contributed by atoms with Gasteiger partial charge in [-0.2, -0.15) is 11.8 Å². The van der Waals surface area contributed by atoms with Crippen LogP contribution in [0.1, 0.15) is 47.5 Å². The zero-order valence-corrected chi connectivity index (χ0v) is 16.1. The van der Waals surface area contributed by atoms with Gasteiger partial charge >= 0.3 is 0 Å². The average molecular weight is 362 g/mol. The molecule has 2 aliphatic heterocycles. The molecule has 1 aromatic carbocycles. The second kappa shape index (κ2) is 9.60. The van der Waals surface area contributed by atoms with Gasteiger partial charge in [0.05, 0.1) is 0 Å². The molecule has 0 saturated carbocycles. The quantitative estimate of drug-likeness (QED) is 0.818. The van der Waals surface area contributed by atoms with E-state index in [9.17, 15) is 4.79 Å². The normalized spacial score (nSPS) is 22.7. The molecule has 25 heavy (non-hydrogen) atoms. The summed E-state index contributed by atoms with van der Waals surface area (Å²) in [6.07, 6.45) is 6.71. The number of nitrogens with one attached hydrogen (secondary N) is 2. The zero-order valence-electron chi connectivity index (χ0n) is 15.3. The van der Waals surface area contributed by atoms with Gasteiger partial charge in [-0.1, -0.05) is 12.1 Å². The molecule has 1 aromatic rings. The molecule has 1 atom stereocenters. The maximum atomic E-state index is 12.7. The third kappa shape index (κ3) is 5.47. The Labute approximate surface area is 156 Å². The fourth-order valence-electron chi connectivity index (χ4n) is 3.86. The van der Waals surface area contributed by atoms with Gasteiger partial charge in [0.2, 0.25) is 0 Å². The van der Waals surface area contributed by atoms with Crippen molar-refractivity contribution in [3.8, 4) is 0 Å². The van der Waals surface area contributed by atoms with E-state index < -0.39 is 0 Å². The highest BCUT2D eigenvalue weighted by Crippen LogP contribution is 2.24. The number of thioether (sulfide) groups is 1. The van der Waals surface area contributed by atoms with Gasteiger partial charge in [0.1, 0.15) is 0 Å². The molecule has 0 spiro atoms. The predicted molar refractivity (Wildman–Crippen MR) is 107 cm³/mol. The number of rotatable bonds is 6. The van der Waals surface area contributed by atoms with Crippen LogP contribution in [-0.2, 0) is 0 Å². The Kier molecular flexibility index (Phi) is 7.20. The summed E-state index contributed by atoms with van der Waals surface area (Å²) in [5, 5.41) is 6.72. The summed E-state index contributed by atoms with van der Waals surface area (Å²) in [5.74, 6) is 1.83. The summed E-state index contributed by atoms with van der Waals surface area (Å²) in [4.78, 5) is 15.2. The highest BCUT2D eigenvalue weighted by atomic mass is 32.2. The molecule has 1 unspecified atom stereocenters. The molecule has 0 aromatic heterocycles. The lowest BCUT2D eigenvalue weighted by molar-refractivity contribution is 0.0913. The number of likely N-dealkylation sites (tertiary alicyclic amines) is 1. The molecule has 2 fully saturated rings. The van der Waals surface area contributed by atoms with Crippen LogP contribution < -0.4 is 10.6 Å². The van der Waals surface area contributed by atoms with E-state index in [1.54, 1.807) is 0 Å². The first-order valence-corrected chi connectivity index (χ1v) is 11.0. The Morgan fingerprint density at radius 2 is 2.16 bits per heavy atom. The second-order valence-corrected chi connectivity index (χ2v) is 8.24. The van der Waals surface area contributed by atoms with Crippen molar-refractivity contribution in [3.05, 3.63) is 35.4 Å². The predicted octanol–water partition coefficient (Wildman–Crippen LogP) is 2.71. The number of carbonyl (C=O) groups excluding carboxylic acids is 1. The van der Waals surface area contributed by atoms with Crippen LogP contribution in [-0.4, -0.2) is 61.6 Å². The molecule has 3 rings (SSSR count). The molecule has 2 heterocycles. The van der Waals surface area contributed by atoms with Crippen LogP contribution in [0.4, 0.5) is 0 Å². The number of carbonyl (C=O) groups is 1. The summed E-state index contributed by atoms with van der Waals surface area (Å²) in [5.41, 5.74) is 2.11.